The van der Waals surface area contributed by atoms with Crippen LogP contribution in [0, 0.1) is 11.6 Å². The summed E-state index contributed by atoms with van der Waals surface area (Å²) in [4.78, 5) is 17.9. The van der Waals surface area contributed by atoms with Crippen molar-refractivity contribution in [3.63, 3.8) is 0 Å². The first-order chi connectivity index (χ1) is 16.0. The largest absolute Gasteiger partial charge is 0.354 e. The van der Waals surface area contributed by atoms with Crippen molar-refractivity contribution in [3.8, 4) is 0 Å². The van der Waals surface area contributed by atoms with Gasteiger partial charge in [-0.25, -0.2) is 13.8 Å². The topological polar surface area (TPSA) is 63.9 Å². The minimum absolute atomic E-state index is 0.272. The first-order valence-electron chi connectivity index (χ1n) is 10.6. The fourth-order valence-electron chi connectivity index (χ4n) is 4.46. The predicted molar refractivity (Wildman–Crippen MR) is 124 cm³/mol. The summed E-state index contributed by atoms with van der Waals surface area (Å²) in [6.45, 7) is 1.98. The van der Waals surface area contributed by atoms with E-state index < -0.39 is 0 Å². The summed E-state index contributed by atoms with van der Waals surface area (Å²) >= 11 is 0. The van der Waals surface area contributed by atoms with Crippen molar-refractivity contribution in [2.75, 3.05) is 17.2 Å². The lowest BCUT2D eigenvalue weighted by molar-refractivity contribution is 0.101. The maximum absolute atomic E-state index is 13.8. The zero-order chi connectivity index (χ0) is 22.5. The van der Waals surface area contributed by atoms with E-state index in [0.29, 0.717) is 27.8 Å². The van der Waals surface area contributed by atoms with E-state index in [2.05, 4.69) is 20.2 Å². The van der Waals surface area contributed by atoms with Crippen LogP contribution in [0.25, 0.3) is 21.9 Å². The molecule has 0 atom stereocenters. The van der Waals surface area contributed by atoms with Gasteiger partial charge in [-0.3, -0.25) is 4.79 Å². The summed E-state index contributed by atoms with van der Waals surface area (Å²) in [5.74, 6) is -0.252. The van der Waals surface area contributed by atoms with Gasteiger partial charge in [0.1, 0.15) is 17.3 Å². The van der Waals surface area contributed by atoms with Crippen LogP contribution >= 0.6 is 0 Å². The second-order valence-corrected chi connectivity index (χ2v) is 8.12. The molecule has 0 aliphatic carbocycles. The zero-order valence-corrected chi connectivity index (χ0v) is 17.5. The minimum atomic E-state index is -0.385. The number of anilines is 2. The monoisotopic (exact) mass is 443 g/mol. The second kappa shape index (κ2) is 7.44. The normalized spacial score (nSPS) is 12.8. The highest BCUT2D eigenvalue weighted by Gasteiger charge is 2.19. The lowest BCUT2D eigenvalue weighted by Crippen LogP contribution is -2.17. The van der Waals surface area contributed by atoms with Crippen molar-refractivity contribution in [2.45, 2.75) is 13.1 Å². The van der Waals surface area contributed by atoms with Gasteiger partial charge in [0.25, 0.3) is 5.91 Å². The quantitative estimate of drug-likeness (QED) is 0.411. The summed E-state index contributed by atoms with van der Waals surface area (Å²) in [6.07, 6.45) is 0. The number of hydrogen-bond donors (Lipinski definition) is 2. The van der Waals surface area contributed by atoms with Gasteiger partial charge >= 0.3 is 0 Å². The number of benzene rings is 3. The highest BCUT2D eigenvalue weighted by molar-refractivity contribution is 6.07. The van der Waals surface area contributed by atoms with Crippen molar-refractivity contribution in [2.24, 2.45) is 0 Å². The van der Waals surface area contributed by atoms with Gasteiger partial charge in [0.15, 0.2) is 0 Å². The molecule has 2 aromatic heterocycles. The average molecular weight is 443 g/mol. The van der Waals surface area contributed by atoms with Crippen LogP contribution in [0.4, 0.5) is 20.4 Å². The average Bonchev–Trinajstić information content (AvgIpc) is 3.46. The predicted octanol–water partition coefficient (Wildman–Crippen LogP) is 5.00. The molecule has 5 aromatic rings. The highest BCUT2D eigenvalue weighted by atomic mass is 19.1. The molecular weight excluding hydrogens is 424 g/mol. The van der Waals surface area contributed by atoms with E-state index in [1.54, 1.807) is 28.8 Å². The van der Waals surface area contributed by atoms with Crippen LogP contribution in [0.1, 0.15) is 16.1 Å². The fourth-order valence-corrected chi connectivity index (χ4v) is 4.46. The molecule has 1 aliphatic heterocycles. The van der Waals surface area contributed by atoms with Gasteiger partial charge in [0, 0.05) is 36.2 Å². The highest BCUT2D eigenvalue weighted by Crippen LogP contribution is 2.27. The van der Waals surface area contributed by atoms with E-state index in [0.717, 1.165) is 30.1 Å². The molecule has 0 spiro atoms. The van der Waals surface area contributed by atoms with Gasteiger partial charge in [0.05, 0.1) is 11.0 Å². The van der Waals surface area contributed by atoms with Gasteiger partial charge in [-0.05, 0) is 60.2 Å². The van der Waals surface area contributed by atoms with Crippen molar-refractivity contribution in [1.82, 2.24) is 14.1 Å². The summed E-state index contributed by atoms with van der Waals surface area (Å²) in [5.41, 5.74) is 4.15. The van der Waals surface area contributed by atoms with Crippen LogP contribution in [-0.4, -0.2) is 26.6 Å². The van der Waals surface area contributed by atoms with Crippen LogP contribution in [0.5, 0.6) is 0 Å². The third-order valence-corrected chi connectivity index (χ3v) is 5.95. The van der Waals surface area contributed by atoms with Gasteiger partial charge in [-0.15, -0.1) is 0 Å². The van der Waals surface area contributed by atoms with Crippen LogP contribution in [-0.2, 0) is 13.1 Å². The number of imidazole rings is 1. The fraction of sp³-hybridized carbons (Fsp3) is 0.120. The van der Waals surface area contributed by atoms with Gasteiger partial charge in [-0.2, -0.15) is 0 Å². The Kier molecular flexibility index (Phi) is 4.39. The maximum Gasteiger partial charge on any atom is 0.272 e. The van der Waals surface area contributed by atoms with E-state index in [-0.39, 0.29) is 24.1 Å². The summed E-state index contributed by atoms with van der Waals surface area (Å²) in [6, 6.07) is 17.9. The molecule has 6 nitrogen and oxygen atoms in total. The molecule has 0 saturated carbocycles. The second-order valence-electron chi connectivity index (χ2n) is 8.12. The molecule has 0 bridgehead atoms. The molecule has 3 aromatic carbocycles. The van der Waals surface area contributed by atoms with Crippen LogP contribution in [0.3, 0.4) is 0 Å². The van der Waals surface area contributed by atoms with Gasteiger partial charge in [0.2, 0.25) is 5.95 Å². The first kappa shape index (κ1) is 19.5. The molecule has 6 rings (SSSR count). The smallest absolute Gasteiger partial charge is 0.272 e. The van der Waals surface area contributed by atoms with E-state index >= 15 is 0 Å². The maximum atomic E-state index is 13.8. The molecule has 3 heterocycles. The Balaban J connectivity index is 1.37. The molecule has 1 amide bonds. The van der Waals surface area contributed by atoms with E-state index in [1.165, 1.54) is 24.3 Å². The Hall–Kier alpha value is -4.20. The standard InChI is InChI=1S/C25H19F2N5O/c26-17-3-1-2-15(10-17)14-32-21-6-4-18(27)11-16(21)12-23(32)24(33)29-19-5-7-22-20(13-19)30-25-28-8-9-31(22)25/h1-7,10-13H,8-9,14H2,(H,28,30)(H,29,33). The van der Waals surface area contributed by atoms with Crippen molar-refractivity contribution in [1.29, 1.82) is 0 Å². The number of fused-ring (bicyclic) bond motifs is 4. The molecule has 2 N–H and O–H groups in total. The summed E-state index contributed by atoms with van der Waals surface area (Å²) in [5, 5.41) is 6.77. The van der Waals surface area contributed by atoms with Crippen LogP contribution < -0.4 is 10.6 Å². The Morgan fingerprint density at radius 1 is 1.00 bits per heavy atom. The number of amides is 1. The van der Waals surface area contributed by atoms with E-state index in [9.17, 15) is 13.6 Å². The lowest BCUT2D eigenvalue weighted by atomic mass is 10.2. The van der Waals surface area contributed by atoms with Crippen molar-refractivity contribution < 1.29 is 13.6 Å². The number of halogens is 2. The minimum Gasteiger partial charge on any atom is -0.354 e. The van der Waals surface area contributed by atoms with Gasteiger partial charge in [-0.1, -0.05) is 12.1 Å². The van der Waals surface area contributed by atoms with Crippen LogP contribution in [0.15, 0.2) is 66.7 Å². The number of aromatic nitrogens is 3. The summed E-state index contributed by atoms with van der Waals surface area (Å²) < 4.78 is 31.5. The third kappa shape index (κ3) is 3.40. The molecule has 164 valence electrons. The third-order valence-electron chi connectivity index (χ3n) is 5.95. The van der Waals surface area contributed by atoms with E-state index in [4.69, 9.17) is 0 Å². The molecule has 1 aliphatic rings. The number of hydrogen-bond acceptors (Lipinski definition) is 3. The van der Waals surface area contributed by atoms with Crippen molar-refractivity contribution >= 4 is 39.5 Å². The Morgan fingerprint density at radius 3 is 2.73 bits per heavy atom. The number of nitrogens with one attached hydrogen (secondary N) is 2. The number of carbonyl (C=O) groups excluding carboxylic acids is 1. The first-order valence-corrected chi connectivity index (χ1v) is 10.6. The molecule has 0 unspecified atom stereocenters. The van der Waals surface area contributed by atoms with Gasteiger partial charge < -0.3 is 19.8 Å². The molecule has 0 fully saturated rings. The molecule has 8 heteroatoms. The van der Waals surface area contributed by atoms with Crippen molar-refractivity contribution in [3.05, 3.63) is 89.6 Å². The number of nitrogens with zero attached hydrogens (tertiary/aromatic N) is 3. The summed E-state index contributed by atoms with van der Waals surface area (Å²) in [7, 11) is 0. The number of carbonyl (C=O) groups is 1. The SMILES string of the molecule is O=C(Nc1ccc2c(c1)nc1n2CCN1)c1cc2cc(F)ccc2n1Cc1cccc(F)c1. The Labute approximate surface area is 187 Å². The Morgan fingerprint density at radius 2 is 1.85 bits per heavy atom. The van der Waals surface area contributed by atoms with Crippen LogP contribution in [0.2, 0.25) is 0 Å². The Bertz CT molecular complexity index is 1550. The molecule has 33 heavy (non-hydrogen) atoms. The van der Waals surface area contributed by atoms with E-state index in [1.807, 2.05) is 18.2 Å². The lowest BCUT2D eigenvalue weighted by Gasteiger charge is -2.12. The zero-order valence-electron chi connectivity index (χ0n) is 17.5. The molecule has 0 radical (unpaired) electrons. The number of rotatable bonds is 4. The molecular formula is C25H19F2N5O. The molecule has 0 saturated heterocycles.